The van der Waals surface area contributed by atoms with Gasteiger partial charge in [-0.2, -0.15) is 5.10 Å². The van der Waals surface area contributed by atoms with Gasteiger partial charge < -0.3 is 9.47 Å². The van der Waals surface area contributed by atoms with Gasteiger partial charge in [0.15, 0.2) is 11.5 Å². The van der Waals surface area contributed by atoms with Crippen molar-refractivity contribution in [3.8, 4) is 11.5 Å². The molecule has 0 aliphatic rings. The van der Waals surface area contributed by atoms with Crippen LogP contribution in [0.3, 0.4) is 0 Å². The molecule has 0 bridgehead atoms. The number of rotatable bonds is 10. The number of aryl methyl sites for hydroxylation is 2. The summed E-state index contributed by atoms with van der Waals surface area (Å²) in [7, 11) is 1.66. The van der Waals surface area contributed by atoms with Crippen molar-refractivity contribution in [2.45, 2.75) is 46.5 Å². The van der Waals surface area contributed by atoms with Gasteiger partial charge in [-0.05, 0) is 67.3 Å². The van der Waals surface area contributed by atoms with E-state index in [1.54, 1.807) is 13.3 Å². The summed E-state index contributed by atoms with van der Waals surface area (Å²) in [5, 5.41) is 4.31. The smallest absolute Gasteiger partial charge is 0.161 e. The molecule has 0 heterocycles. The van der Waals surface area contributed by atoms with Gasteiger partial charge in [-0.25, -0.2) is 0 Å². The molecule has 2 aromatic rings. The number of benzene rings is 2. The highest BCUT2D eigenvalue weighted by atomic mass is 16.5. The number of hydrogen-bond acceptors (Lipinski definition) is 4. The van der Waals surface area contributed by atoms with Crippen molar-refractivity contribution in [3.63, 3.8) is 0 Å². The van der Waals surface area contributed by atoms with E-state index in [4.69, 9.17) is 9.47 Å². The number of nitrogens with one attached hydrogen (secondary N) is 1. The Hall–Kier alpha value is -2.49. The van der Waals surface area contributed by atoms with Crippen LogP contribution in [0, 0.1) is 13.8 Å². The Morgan fingerprint density at radius 2 is 1.81 bits per heavy atom. The van der Waals surface area contributed by atoms with E-state index >= 15 is 0 Å². The molecule has 0 amide bonds. The third-order valence-electron chi connectivity index (χ3n) is 4.36. The molecule has 0 spiro atoms. The molecule has 0 atom stereocenters. The standard InChI is InChI=1S/C22H30N2O2/c1-5-6-7-8-13-26-21-12-10-19(15-22(21)25-4)16-23-24-20-11-9-17(2)18(3)14-20/h9-12,14-16,24H,5-8,13H2,1-4H3/b23-16+. The maximum atomic E-state index is 5.84. The average Bonchev–Trinajstić information content (AvgIpc) is 2.65. The van der Waals surface area contributed by atoms with E-state index in [-0.39, 0.29) is 0 Å². The maximum Gasteiger partial charge on any atom is 0.161 e. The second-order valence-electron chi connectivity index (χ2n) is 6.49. The molecule has 0 aromatic heterocycles. The van der Waals surface area contributed by atoms with Gasteiger partial charge in [-0.15, -0.1) is 0 Å². The lowest BCUT2D eigenvalue weighted by Crippen LogP contribution is -2.00. The Morgan fingerprint density at radius 1 is 0.962 bits per heavy atom. The lowest BCUT2D eigenvalue weighted by molar-refractivity contribution is 0.285. The number of nitrogens with zero attached hydrogens (tertiary/aromatic N) is 1. The van der Waals surface area contributed by atoms with E-state index in [1.165, 1.54) is 30.4 Å². The van der Waals surface area contributed by atoms with Crippen molar-refractivity contribution in [2.24, 2.45) is 5.10 Å². The minimum absolute atomic E-state index is 0.720. The molecule has 1 N–H and O–H groups in total. The van der Waals surface area contributed by atoms with Crippen LogP contribution < -0.4 is 14.9 Å². The minimum Gasteiger partial charge on any atom is -0.493 e. The predicted molar refractivity (Wildman–Crippen MR) is 110 cm³/mol. The quantitative estimate of drug-likeness (QED) is 0.337. The summed E-state index contributed by atoms with van der Waals surface area (Å²) in [4.78, 5) is 0. The molecule has 0 aliphatic carbocycles. The fourth-order valence-electron chi connectivity index (χ4n) is 2.59. The molecule has 4 heteroatoms. The molecule has 0 saturated heterocycles. The average molecular weight is 354 g/mol. The van der Waals surface area contributed by atoms with Gasteiger partial charge in [0.1, 0.15) is 0 Å². The predicted octanol–water partition coefficient (Wildman–Crippen LogP) is 5.72. The molecule has 0 unspecified atom stereocenters. The van der Waals surface area contributed by atoms with Crippen LogP contribution in [0.1, 0.15) is 49.3 Å². The second-order valence-corrected chi connectivity index (χ2v) is 6.49. The molecule has 4 nitrogen and oxygen atoms in total. The zero-order chi connectivity index (χ0) is 18.8. The van der Waals surface area contributed by atoms with Gasteiger partial charge in [0.25, 0.3) is 0 Å². The van der Waals surface area contributed by atoms with Crippen molar-refractivity contribution < 1.29 is 9.47 Å². The zero-order valence-corrected chi connectivity index (χ0v) is 16.3. The first kappa shape index (κ1) is 19.8. The topological polar surface area (TPSA) is 42.8 Å². The van der Waals surface area contributed by atoms with Crippen LogP contribution in [0.4, 0.5) is 5.69 Å². The highest BCUT2D eigenvalue weighted by molar-refractivity contribution is 5.81. The molecule has 0 aliphatic heterocycles. The summed E-state index contributed by atoms with van der Waals surface area (Å²) in [5.41, 5.74) is 7.51. The summed E-state index contributed by atoms with van der Waals surface area (Å²) < 4.78 is 11.3. The molecular formula is C22H30N2O2. The van der Waals surface area contributed by atoms with E-state index in [9.17, 15) is 0 Å². The molecule has 26 heavy (non-hydrogen) atoms. The van der Waals surface area contributed by atoms with Gasteiger partial charge in [0.2, 0.25) is 0 Å². The van der Waals surface area contributed by atoms with Crippen molar-refractivity contribution in [1.29, 1.82) is 0 Å². The van der Waals surface area contributed by atoms with Gasteiger partial charge in [0, 0.05) is 0 Å². The number of hydrazone groups is 1. The molecule has 0 saturated carbocycles. The summed E-state index contributed by atoms with van der Waals surface area (Å²) in [6.07, 6.45) is 6.54. The van der Waals surface area contributed by atoms with Gasteiger partial charge in [-0.3, -0.25) is 5.43 Å². The summed E-state index contributed by atoms with van der Waals surface area (Å²) in [6, 6.07) is 12.1. The van der Waals surface area contributed by atoms with Gasteiger partial charge in [-0.1, -0.05) is 32.3 Å². The molecule has 2 aromatic carbocycles. The first-order chi connectivity index (χ1) is 12.6. The SMILES string of the molecule is CCCCCCOc1ccc(/C=N/Nc2ccc(C)c(C)c2)cc1OC. The van der Waals surface area contributed by atoms with E-state index < -0.39 is 0 Å². The van der Waals surface area contributed by atoms with Gasteiger partial charge in [0.05, 0.1) is 25.6 Å². The lowest BCUT2D eigenvalue weighted by Gasteiger charge is -2.11. The Bertz CT molecular complexity index is 726. The highest BCUT2D eigenvalue weighted by Gasteiger charge is 2.05. The van der Waals surface area contributed by atoms with Crippen molar-refractivity contribution >= 4 is 11.9 Å². The molecule has 0 fully saturated rings. The van der Waals surface area contributed by atoms with Crippen LogP contribution in [-0.4, -0.2) is 19.9 Å². The molecule has 2 rings (SSSR count). The van der Waals surface area contributed by atoms with Crippen molar-refractivity contribution in [1.82, 2.24) is 0 Å². The van der Waals surface area contributed by atoms with Gasteiger partial charge >= 0.3 is 0 Å². The number of ether oxygens (including phenoxy) is 2. The van der Waals surface area contributed by atoms with Crippen molar-refractivity contribution in [2.75, 3.05) is 19.1 Å². The zero-order valence-electron chi connectivity index (χ0n) is 16.3. The van der Waals surface area contributed by atoms with Crippen LogP contribution in [0.5, 0.6) is 11.5 Å². The number of methoxy groups -OCH3 is 1. The fraction of sp³-hybridized carbons (Fsp3) is 0.409. The monoisotopic (exact) mass is 354 g/mol. The molecular weight excluding hydrogens is 324 g/mol. The molecule has 0 radical (unpaired) electrons. The summed E-state index contributed by atoms with van der Waals surface area (Å²) in [6.45, 7) is 7.12. The normalized spacial score (nSPS) is 10.9. The number of anilines is 1. The third kappa shape index (κ3) is 6.10. The van der Waals surface area contributed by atoms with Crippen molar-refractivity contribution in [3.05, 3.63) is 53.1 Å². The van der Waals surface area contributed by atoms with Crippen LogP contribution in [0.15, 0.2) is 41.5 Å². The fourth-order valence-corrected chi connectivity index (χ4v) is 2.59. The van der Waals surface area contributed by atoms with E-state index in [1.807, 2.05) is 24.3 Å². The largest absolute Gasteiger partial charge is 0.493 e. The van der Waals surface area contributed by atoms with Crippen LogP contribution in [0.25, 0.3) is 0 Å². The minimum atomic E-state index is 0.720. The van der Waals surface area contributed by atoms with E-state index in [0.29, 0.717) is 0 Å². The Kier molecular flexibility index (Phi) is 8.00. The first-order valence-electron chi connectivity index (χ1n) is 9.31. The number of unbranched alkanes of at least 4 members (excludes halogenated alkanes) is 3. The first-order valence-corrected chi connectivity index (χ1v) is 9.31. The third-order valence-corrected chi connectivity index (χ3v) is 4.36. The van der Waals surface area contributed by atoms with Crippen LogP contribution >= 0.6 is 0 Å². The summed E-state index contributed by atoms with van der Waals surface area (Å²) in [5.74, 6) is 1.51. The Labute approximate surface area is 157 Å². The number of hydrogen-bond donors (Lipinski definition) is 1. The van der Waals surface area contributed by atoms with E-state index in [2.05, 4.69) is 43.4 Å². The highest BCUT2D eigenvalue weighted by Crippen LogP contribution is 2.28. The van der Waals surface area contributed by atoms with Crippen LogP contribution in [-0.2, 0) is 0 Å². The molecule has 140 valence electrons. The maximum absolute atomic E-state index is 5.84. The van der Waals surface area contributed by atoms with Crippen LogP contribution in [0.2, 0.25) is 0 Å². The Morgan fingerprint density at radius 3 is 2.54 bits per heavy atom. The Balaban J connectivity index is 1.93. The summed E-state index contributed by atoms with van der Waals surface area (Å²) >= 11 is 0. The lowest BCUT2D eigenvalue weighted by atomic mass is 10.1. The van der Waals surface area contributed by atoms with E-state index in [0.717, 1.165) is 35.8 Å². The second kappa shape index (κ2) is 10.5.